The maximum absolute atomic E-state index is 11.0. The van der Waals surface area contributed by atoms with Gasteiger partial charge in [-0.05, 0) is 104 Å². The third kappa shape index (κ3) is 3.39. The molecule has 4 bridgehead atoms. The highest BCUT2D eigenvalue weighted by atomic mass is 16.5. The van der Waals surface area contributed by atoms with Crippen LogP contribution in [-0.4, -0.2) is 18.2 Å². The summed E-state index contributed by atoms with van der Waals surface area (Å²) in [4.78, 5) is 11.0. The molecule has 0 atom stereocenters. The SMILES string of the molecule is COc1ccc(CNc2ccc(C(=O)O)cc2)cc1C12CC3CC(CC(C3)C1)C2. The highest BCUT2D eigenvalue weighted by molar-refractivity contribution is 5.88. The zero-order chi connectivity index (χ0) is 20.0. The summed E-state index contributed by atoms with van der Waals surface area (Å²) in [5, 5.41) is 12.5. The summed E-state index contributed by atoms with van der Waals surface area (Å²) < 4.78 is 5.81. The van der Waals surface area contributed by atoms with Crippen molar-refractivity contribution in [3.63, 3.8) is 0 Å². The summed E-state index contributed by atoms with van der Waals surface area (Å²) in [7, 11) is 1.79. The summed E-state index contributed by atoms with van der Waals surface area (Å²) in [5.41, 5.74) is 4.21. The number of hydrogen-bond donors (Lipinski definition) is 2. The van der Waals surface area contributed by atoms with Gasteiger partial charge < -0.3 is 15.2 Å². The Morgan fingerprint density at radius 3 is 2.21 bits per heavy atom. The van der Waals surface area contributed by atoms with Crippen LogP contribution in [0, 0.1) is 17.8 Å². The van der Waals surface area contributed by atoms with Crippen molar-refractivity contribution in [2.24, 2.45) is 17.8 Å². The molecule has 4 heteroatoms. The zero-order valence-electron chi connectivity index (χ0n) is 17.0. The van der Waals surface area contributed by atoms with Crippen LogP contribution < -0.4 is 10.1 Å². The van der Waals surface area contributed by atoms with Crippen LogP contribution in [0.3, 0.4) is 0 Å². The highest BCUT2D eigenvalue weighted by Gasteiger charge is 2.52. The Morgan fingerprint density at radius 1 is 1.03 bits per heavy atom. The smallest absolute Gasteiger partial charge is 0.335 e. The Balaban J connectivity index is 1.38. The van der Waals surface area contributed by atoms with Crippen molar-refractivity contribution >= 4 is 11.7 Å². The van der Waals surface area contributed by atoms with E-state index in [9.17, 15) is 4.79 Å². The number of carboxylic acids is 1. The average molecular weight is 392 g/mol. The molecule has 2 N–H and O–H groups in total. The summed E-state index contributed by atoms with van der Waals surface area (Å²) >= 11 is 0. The molecule has 0 saturated heterocycles. The van der Waals surface area contributed by atoms with Crippen molar-refractivity contribution in [2.45, 2.75) is 50.5 Å². The third-order valence-electron chi connectivity index (χ3n) is 7.50. The predicted octanol–water partition coefficient (Wildman–Crippen LogP) is 5.47. The second-order valence-electron chi connectivity index (χ2n) is 9.47. The lowest BCUT2D eigenvalue weighted by Crippen LogP contribution is -2.48. The molecule has 0 unspecified atom stereocenters. The summed E-state index contributed by atoms with van der Waals surface area (Å²) in [6.07, 6.45) is 8.29. The molecular formula is C25H29NO3. The lowest BCUT2D eigenvalue weighted by Gasteiger charge is -2.57. The summed E-state index contributed by atoms with van der Waals surface area (Å²) in [6.45, 7) is 0.718. The van der Waals surface area contributed by atoms with Gasteiger partial charge >= 0.3 is 5.97 Å². The van der Waals surface area contributed by atoms with Crippen LogP contribution in [0.1, 0.15) is 60.0 Å². The molecule has 4 fully saturated rings. The lowest BCUT2D eigenvalue weighted by molar-refractivity contribution is -0.00618. The second kappa shape index (κ2) is 7.08. The van der Waals surface area contributed by atoms with Crippen LogP contribution in [0.2, 0.25) is 0 Å². The van der Waals surface area contributed by atoms with Gasteiger partial charge in [-0.3, -0.25) is 0 Å². The second-order valence-corrected chi connectivity index (χ2v) is 9.47. The number of rotatable bonds is 6. The fourth-order valence-corrected chi connectivity index (χ4v) is 6.65. The number of ether oxygens (including phenoxy) is 1. The van der Waals surface area contributed by atoms with Crippen molar-refractivity contribution in [1.82, 2.24) is 0 Å². The minimum Gasteiger partial charge on any atom is -0.496 e. The first-order valence-electron chi connectivity index (χ1n) is 10.8. The molecule has 4 aliphatic carbocycles. The molecule has 0 heterocycles. The molecule has 4 nitrogen and oxygen atoms in total. The molecule has 2 aromatic carbocycles. The maximum Gasteiger partial charge on any atom is 0.335 e. The molecular weight excluding hydrogens is 362 g/mol. The Kier molecular flexibility index (Phi) is 4.53. The van der Waals surface area contributed by atoms with Gasteiger partial charge in [0.15, 0.2) is 0 Å². The Hall–Kier alpha value is -2.49. The average Bonchev–Trinajstić information content (AvgIpc) is 2.71. The van der Waals surface area contributed by atoms with E-state index >= 15 is 0 Å². The van der Waals surface area contributed by atoms with E-state index in [1.807, 2.05) is 12.1 Å². The molecule has 29 heavy (non-hydrogen) atoms. The lowest BCUT2D eigenvalue weighted by atomic mass is 9.48. The Morgan fingerprint density at radius 2 is 1.66 bits per heavy atom. The summed E-state index contributed by atoms with van der Waals surface area (Å²) in [5.74, 6) is 2.86. The van der Waals surface area contributed by atoms with Crippen LogP contribution in [0.4, 0.5) is 5.69 Å². The normalized spacial score (nSPS) is 29.6. The largest absolute Gasteiger partial charge is 0.496 e. The van der Waals surface area contributed by atoms with E-state index < -0.39 is 5.97 Å². The molecule has 2 aromatic rings. The van der Waals surface area contributed by atoms with Crippen LogP contribution >= 0.6 is 0 Å². The van der Waals surface area contributed by atoms with E-state index in [4.69, 9.17) is 9.84 Å². The van der Waals surface area contributed by atoms with Gasteiger partial charge in [0.25, 0.3) is 0 Å². The first-order chi connectivity index (χ1) is 14.0. The van der Waals surface area contributed by atoms with E-state index in [2.05, 4.69) is 23.5 Å². The number of carbonyl (C=O) groups is 1. The number of methoxy groups -OCH3 is 1. The molecule has 0 aromatic heterocycles. The van der Waals surface area contributed by atoms with Gasteiger partial charge in [-0.25, -0.2) is 4.79 Å². The van der Waals surface area contributed by atoms with Crippen molar-refractivity contribution in [3.05, 3.63) is 59.2 Å². The number of hydrogen-bond acceptors (Lipinski definition) is 3. The zero-order valence-corrected chi connectivity index (χ0v) is 17.0. The minimum absolute atomic E-state index is 0.305. The highest BCUT2D eigenvalue weighted by Crippen LogP contribution is 2.61. The van der Waals surface area contributed by atoms with Gasteiger partial charge in [-0.1, -0.05) is 6.07 Å². The minimum atomic E-state index is -0.896. The van der Waals surface area contributed by atoms with Crippen LogP contribution in [0.5, 0.6) is 5.75 Å². The fraction of sp³-hybridized carbons (Fsp3) is 0.480. The van der Waals surface area contributed by atoms with Crippen molar-refractivity contribution in [3.8, 4) is 5.75 Å². The number of aromatic carboxylic acids is 1. The fourth-order valence-electron chi connectivity index (χ4n) is 6.65. The van der Waals surface area contributed by atoms with Crippen LogP contribution in [0.15, 0.2) is 42.5 Å². The van der Waals surface area contributed by atoms with Crippen molar-refractivity contribution in [2.75, 3.05) is 12.4 Å². The Labute approximate surface area is 172 Å². The maximum atomic E-state index is 11.0. The monoisotopic (exact) mass is 391 g/mol. The van der Waals surface area contributed by atoms with Gasteiger partial charge in [-0.15, -0.1) is 0 Å². The topological polar surface area (TPSA) is 58.6 Å². The van der Waals surface area contributed by atoms with Gasteiger partial charge in [0, 0.05) is 17.8 Å². The van der Waals surface area contributed by atoms with Crippen molar-refractivity contribution in [1.29, 1.82) is 0 Å². The van der Waals surface area contributed by atoms with E-state index in [1.165, 1.54) is 49.7 Å². The molecule has 4 aliphatic rings. The molecule has 0 spiro atoms. The first kappa shape index (κ1) is 18.5. The van der Waals surface area contributed by atoms with Gasteiger partial charge in [0.1, 0.15) is 5.75 Å². The molecule has 0 amide bonds. The predicted molar refractivity (Wildman–Crippen MR) is 114 cm³/mol. The quantitative estimate of drug-likeness (QED) is 0.685. The molecule has 0 aliphatic heterocycles. The number of nitrogens with one attached hydrogen (secondary N) is 1. The van der Waals surface area contributed by atoms with Gasteiger partial charge in [-0.2, -0.15) is 0 Å². The van der Waals surface area contributed by atoms with E-state index in [-0.39, 0.29) is 0 Å². The Bertz CT molecular complexity index is 883. The molecule has 6 rings (SSSR count). The van der Waals surface area contributed by atoms with Gasteiger partial charge in [0.05, 0.1) is 12.7 Å². The number of benzene rings is 2. The molecule has 4 saturated carbocycles. The first-order valence-corrected chi connectivity index (χ1v) is 10.8. The molecule has 152 valence electrons. The van der Waals surface area contributed by atoms with E-state index in [1.54, 1.807) is 19.2 Å². The summed E-state index contributed by atoms with van der Waals surface area (Å²) in [6, 6.07) is 13.6. The van der Waals surface area contributed by atoms with E-state index in [0.29, 0.717) is 11.0 Å². The third-order valence-corrected chi connectivity index (χ3v) is 7.50. The van der Waals surface area contributed by atoms with E-state index in [0.717, 1.165) is 35.7 Å². The molecule has 0 radical (unpaired) electrons. The van der Waals surface area contributed by atoms with Crippen LogP contribution in [0.25, 0.3) is 0 Å². The standard InChI is InChI=1S/C25H29NO3/c1-29-23-7-2-16(15-26-21-5-3-20(4-6-21)24(27)28)11-22(23)25-12-17-8-18(13-25)10-19(9-17)14-25/h2-7,11,17-19,26H,8-10,12-15H2,1H3,(H,27,28). The van der Waals surface area contributed by atoms with Gasteiger partial charge in [0.2, 0.25) is 0 Å². The number of anilines is 1. The van der Waals surface area contributed by atoms with Crippen LogP contribution in [-0.2, 0) is 12.0 Å². The van der Waals surface area contributed by atoms with Crippen molar-refractivity contribution < 1.29 is 14.6 Å². The number of carboxylic acid groups (broad SMARTS) is 1.